The van der Waals surface area contributed by atoms with Gasteiger partial charge in [0.25, 0.3) is 0 Å². The Morgan fingerprint density at radius 1 is 1.03 bits per heavy atom. The van der Waals surface area contributed by atoms with Gasteiger partial charge in [-0.25, -0.2) is 0 Å². The summed E-state index contributed by atoms with van der Waals surface area (Å²) in [6.45, 7) is 2.83. The van der Waals surface area contributed by atoms with Crippen LogP contribution in [0.2, 0.25) is 0 Å². The fraction of sp³-hybridized carbons (Fsp3) is 0.333. The van der Waals surface area contributed by atoms with Gasteiger partial charge in [0.2, 0.25) is 5.91 Å². The van der Waals surface area contributed by atoms with Gasteiger partial charge in [-0.15, -0.1) is 10.2 Å². The molecule has 1 heterocycles. The molecule has 3 aromatic rings. The minimum Gasteiger partial charge on any atom is -0.494 e. The standard InChI is InChI=1S/C24H28N4O3/c1-3-4-7-16-31-19-12-10-18(11-13-19)22(29)14-15-23(30)26-21-9-6-5-8-20(21)24-27-25-17-28(24)2/h5-6,8-13,17H,3-4,7,14-16H2,1-2H3,(H,26,30). The Kier molecular flexibility index (Phi) is 7.92. The zero-order valence-electron chi connectivity index (χ0n) is 18.0. The molecule has 1 aromatic heterocycles. The summed E-state index contributed by atoms with van der Waals surface area (Å²) in [5, 5.41) is 10.9. The summed E-state index contributed by atoms with van der Waals surface area (Å²) in [7, 11) is 1.84. The van der Waals surface area contributed by atoms with Crippen LogP contribution in [0.15, 0.2) is 54.9 Å². The number of carbonyl (C=O) groups is 2. The van der Waals surface area contributed by atoms with Crippen molar-refractivity contribution in [1.82, 2.24) is 14.8 Å². The molecule has 31 heavy (non-hydrogen) atoms. The number of hydrogen-bond donors (Lipinski definition) is 1. The third kappa shape index (κ3) is 6.25. The van der Waals surface area contributed by atoms with Crippen LogP contribution in [0.25, 0.3) is 11.4 Å². The highest BCUT2D eigenvalue weighted by molar-refractivity contribution is 6.01. The van der Waals surface area contributed by atoms with Gasteiger partial charge in [0, 0.05) is 31.0 Å². The summed E-state index contributed by atoms with van der Waals surface area (Å²) >= 11 is 0. The molecule has 0 aliphatic carbocycles. The fourth-order valence-electron chi connectivity index (χ4n) is 3.18. The van der Waals surface area contributed by atoms with E-state index in [-0.39, 0.29) is 24.5 Å². The molecule has 0 atom stereocenters. The van der Waals surface area contributed by atoms with E-state index in [9.17, 15) is 9.59 Å². The number of Topliss-reactive ketones (excluding diaryl/α,β-unsaturated/α-hetero) is 1. The van der Waals surface area contributed by atoms with Crippen molar-refractivity contribution in [1.29, 1.82) is 0 Å². The molecular weight excluding hydrogens is 392 g/mol. The van der Waals surface area contributed by atoms with Crippen molar-refractivity contribution in [3.05, 3.63) is 60.4 Å². The molecule has 7 heteroatoms. The maximum atomic E-state index is 12.5. The van der Waals surface area contributed by atoms with Crippen LogP contribution in [0.4, 0.5) is 5.69 Å². The lowest BCUT2D eigenvalue weighted by molar-refractivity contribution is -0.116. The normalized spacial score (nSPS) is 10.6. The Balaban J connectivity index is 1.52. The van der Waals surface area contributed by atoms with E-state index in [1.165, 1.54) is 0 Å². The van der Waals surface area contributed by atoms with E-state index in [1.807, 2.05) is 31.3 Å². The third-order valence-corrected chi connectivity index (χ3v) is 4.93. The van der Waals surface area contributed by atoms with E-state index >= 15 is 0 Å². The SMILES string of the molecule is CCCCCOc1ccc(C(=O)CCC(=O)Nc2ccccc2-c2nncn2C)cc1. The molecule has 0 radical (unpaired) electrons. The molecular formula is C24H28N4O3. The molecule has 2 aromatic carbocycles. The zero-order chi connectivity index (χ0) is 22.1. The van der Waals surface area contributed by atoms with Gasteiger partial charge in [-0.1, -0.05) is 31.9 Å². The Hall–Kier alpha value is -3.48. The van der Waals surface area contributed by atoms with Gasteiger partial charge >= 0.3 is 0 Å². The smallest absolute Gasteiger partial charge is 0.224 e. The van der Waals surface area contributed by atoms with Crippen LogP contribution in [0.3, 0.4) is 0 Å². The lowest BCUT2D eigenvalue weighted by Gasteiger charge is -2.10. The highest BCUT2D eigenvalue weighted by Gasteiger charge is 2.14. The number of nitrogens with zero attached hydrogens (tertiary/aromatic N) is 3. The van der Waals surface area contributed by atoms with Gasteiger partial charge in [-0.2, -0.15) is 0 Å². The van der Waals surface area contributed by atoms with Crippen LogP contribution in [0, 0.1) is 0 Å². The molecule has 0 saturated heterocycles. The number of amides is 1. The van der Waals surface area contributed by atoms with Crippen molar-refractivity contribution < 1.29 is 14.3 Å². The lowest BCUT2D eigenvalue weighted by atomic mass is 10.1. The van der Waals surface area contributed by atoms with E-state index in [0.29, 0.717) is 23.7 Å². The largest absolute Gasteiger partial charge is 0.494 e. The first-order valence-corrected chi connectivity index (χ1v) is 10.6. The monoisotopic (exact) mass is 420 g/mol. The number of ketones is 1. The molecule has 0 saturated carbocycles. The predicted molar refractivity (Wildman–Crippen MR) is 120 cm³/mol. The summed E-state index contributed by atoms with van der Waals surface area (Å²) in [6.07, 6.45) is 5.15. The molecule has 0 unspecified atom stereocenters. The first-order valence-electron chi connectivity index (χ1n) is 10.6. The number of benzene rings is 2. The summed E-state index contributed by atoms with van der Waals surface area (Å²) in [5.74, 6) is 1.11. The van der Waals surface area contributed by atoms with E-state index < -0.39 is 0 Å². The number of ether oxygens (including phenoxy) is 1. The summed E-state index contributed by atoms with van der Waals surface area (Å²) in [6, 6.07) is 14.5. The number of carbonyl (C=O) groups excluding carboxylic acids is 2. The van der Waals surface area contributed by atoms with E-state index in [2.05, 4.69) is 22.4 Å². The molecule has 1 amide bonds. The molecule has 7 nitrogen and oxygen atoms in total. The van der Waals surface area contributed by atoms with Gasteiger partial charge in [0.1, 0.15) is 12.1 Å². The summed E-state index contributed by atoms with van der Waals surface area (Å²) < 4.78 is 7.45. The average molecular weight is 421 g/mol. The zero-order valence-corrected chi connectivity index (χ0v) is 18.0. The molecule has 162 valence electrons. The summed E-state index contributed by atoms with van der Waals surface area (Å²) in [4.78, 5) is 24.9. The topological polar surface area (TPSA) is 86.1 Å². The lowest BCUT2D eigenvalue weighted by Crippen LogP contribution is -2.14. The van der Waals surface area contributed by atoms with Gasteiger partial charge in [0.15, 0.2) is 11.6 Å². The molecule has 0 spiro atoms. The Bertz CT molecular complexity index is 1010. The number of anilines is 1. The number of rotatable bonds is 11. The van der Waals surface area contributed by atoms with Crippen LogP contribution in [0.5, 0.6) is 5.75 Å². The van der Waals surface area contributed by atoms with Crippen LogP contribution in [-0.2, 0) is 11.8 Å². The second-order valence-electron chi connectivity index (χ2n) is 7.36. The molecule has 0 aliphatic heterocycles. The Morgan fingerprint density at radius 3 is 2.52 bits per heavy atom. The van der Waals surface area contributed by atoms with Crippen LogP contribution in [0.1, 0.15) is 49.4 Å². The van der Waals surface area contributed by atoms with E-state index in [1.54, 1.807) is 35.2 Å². The van der Waals surface area contributed by atoms with Crippen molar-refractivity contribution in [2.45, 2.75) is 39.0 Å². The number of aromatic nitrogens is 3. The van der Waals surface area contributed by atoms with Gasteiger partial charge in [0.05, 0.1) is 12.3 Å². The summed E-state index contributed by atoms with van der Waals surface area (Å²) in [5.41, 5.74) is 1.99. The number of nitrogens with one attached hydrogen (secondary N) is 1. The van der Waals surface area contributed by atoms with E-state index in [4.69, 9.17) is 4.74 Å². The van der Waals surface area contributed by atoms with Crippen molar-refractivity contribution in [3.63, 3.8) is 0 Å². The minimum atomic E-state index is -0.223. The highest BCUT2D eigenvalue weighted by Crippen LogP contribution is 2.25. The molecule has 0 aliphatic rings. The number of hydrogen-bond acceptors (Lipinski definition) is 5. The molecule has 1 N–H and O–H groups in total. The number of aryl methyl sites for hydroxylation is 1. The van der Waals surface area contributed by atoms with Crippen molar-refractivity contribution in [2.24, 2.45) is 7.05 Å². The van der Waals surface area contributed by atoms with Gasteiger partial charge in [-0.05, 0) is 42.8 Å². The second-order valence-corrected chi connectivity index (χ2v) is 7.36. The van der Waals surface area contributed by atoms with Gasteiger partial charge in [-0.3, -0.25) is 9.59 Å². The van der Waals surface area contributed by atoms with Crippen LogP contribution >= 0.6 is 0 Å². The predicted octanol–water partition coefficient (Wildman–Crippen LogP) is 4.65. The van der Waals surface area contributed by atoms with Gasteiger partial charge < -0.3 is 14.6 Å². The quantitative estimate of drug-likeness (QED) is 0.360. The minimum absolute atomic E-state index is 0.0748. The Morgan fingerprint density at radius 2 is 1.81 bits per heavy atom. The van der Waals surface area contributed by atoms with Crippen LogP contribution < -0.4 is 10.1 Å². The molecule has 3 rings (SSSR count). The van der Waals surface area contributed by atoms with Crippen molar-refractivity contribution in [2.75, 3.05) is 11.9 Å². The fourth-order valence-corrected chi connectivity index (χ4v) is 3.18. The third-order valence-electron chi connectivity index (χ3n) is 4.93. The molecule has 0 bridgehead atoms. The maximum Gasteiger partial charge on any atom is 0.224 e. The maximum absolute atomic E-state index is 12.5. The first kappa shape index (κ1) is 22.2. The van der Waals surface area contributed by atoms with E-state index in [0.717, 1.165) is 30.6 Å². The number of para-hydroxylation sites is 1. The second kappa shape index (κ2) is 11.1. The highest BCUT2D eigenvalue weighted by atomic mass is 16.5. The molecule has 0 fully saturated rings. The van der Waals surface area contributed by atoms with Crippen LogP contribution in [-0.4, -0.2) is 33.1 Å². The first-order chi connectivity index (χ1) is 15.1. The Labute approximate surface area is 182 Å². The van der Waals surface area contributed by atoms with Crippen molar-refractivity contribution in [3.8, 4) is 17.1 Å². The van der Waals surface area contributed by atoms with Crippen molar-refractivity contribution >= 4 is 17.4 Å². The average Bonchev–Trinajstić information content (AvgIpc) is 3.21. The number of unbranched alkanes of at least 4 members (excludes halogenated alkanes) is 2.